The SMILES string of the molecule is CCOc1ccc(C2CC(=O)C3=C(C2)NC(=O)CC3c2ccc(C)cc2)cc1. The largest absolute Gasteiger partial charge is 0.494 e. The van der Waals surface area contributed by atoms with E-state index in [1.54, 1.807) is 0 Å². The van der Waals surface area contributed by atoms with Gasteiger partial charge in [0.25, 0.3) is 0 Å². The molecule has 1 N–H and O–H groups in total. The summed E-state index contributed by atoms with van der Waals surface area (Å²) in [7, 11) is 0. The van der Waals surface area contributed by atoms with Crippen molar-refractivity contribution >= 4 is 11.7 Å². The number of nitrogens with one attached hydrogen (secondary N) is 1. The Kier molecular flexibility index (Phi) is 5.03. The molecular weight excluding hydrogens is 350 g/mol. The number of aryl methyl sites for hydroxylation is 1. The second-order valence-corrected chi connectivity index (χ2v) is 7.64. The summed E-state index contributed by atoms with van der Waals surface area (Å²) in [6.45, 7) is 4.62. The molecule has 0 radical (unpaired) electrons. The minimum absolute atomic E-state index is 0.00975. The number of ether oxygens (including phenoxy) is 1. The molecular formula is C24H25NO3. The van der Waals surface area contributed by atoms with Crippen LogP contribution in [0.25, 0.3) is 0 Å². The lowest BCUT2D eigenvalue weighted by molar-refractivity contribution is -0.122. The van der Waals surface area contributed by atoms with Crippen LogP contribution in [0.15, 0.2) is 59.8 Å². The number of carbonyl (C=O) groups is 2. The van der Waals surface area contributed by atoms with Gasteiger partial charge in [-0.3, -0.25) is 9.59 Å². The Bertz CT molecular complexity index is 925. The summed E-state index contributed by atoms with van der Waals surface area (Å²) in [6.07, 6.45) is 1.50. The molecule has 2 atom stereocenters. The topological polar surface area (TPSA) is 55.4 Å². The van der Waals surface area contributed by atoms with E-state index in [1.807, 2.05) is 62.4 Å². The molecule has 2 aromatic rings. The van der Waals surface area contributed by atoms with E-state index in [0.717, 1.165) is 28.1 Å². The Hall–Kier alpha value is -2.88. The lowest BCUT2D eigenvalue weighted by Gasteiger charge is -2.34. The second kappa shape index (κ2) is 7.63. The number of rotatable bonds is 4. The monoisotopic (exact) mass is 375 g/mol. The van der Waals surface area contributed by atoms with Crippen molar-refractivity contribution in [3.05, 3.63) is 76.5 Å². The van der Waals surface area contributed by atoms with E-state index in [4.69, 9.17) is 4.74 Å². The molecule has 1 amide bonds. The van der Waals surface area contributed by atoms with E-state index in [0.29, 0.717) is 25.9 Å². The van der Waals surface area contributed by atoms with Crippen LogP contribution in [0.2, 0.25) is 0 Å². The summed E-state index contributed by atoms with van der Waals surface area (Å²) in [5, 5.41) is 2.99. The van der Waals surface area contributed by atoms with Gasteiger partial charge < -0.3 is 10.1 Å². The van der Waals surface area contributed by atoms with Crippen LogP contribution in [0.3, 0.4) is 0 Å². The molecule has 2 unspecified atom stereocenters. The van der Waals surface area contributed by atoms with E-state index in [9.17, 15) is 9.59 Å². The van der Waals surface area contributed by atoms with Crippen LogP contribution in [0, 0.1) is 6.92 Å². The first kappa shape index (κ1) is 18.5. The van der Waals surface area contributed by atoms with Gasteiger partial charge in [0.1, 0.15) is 5.75 Å². The van der Waals surface area contributed by atoms with Crippen molar-refractivity contribution in [1.29, 1.82) is 0 Å². The fraction of sp³-hybridized carbons (Fsp3) is 0.333. The molecule has 1 aliphatic carbocycles. The summed E-state index contributed by atoms with van der Waals surface area (Å²) in [5.74, 6) is 0.908. The van der Waals surface area contributed by atoms with Gasteiger partial charge in [-0.15, -0.1) is 0 Å². The average Bonchev–Trinajstić information content (AvgIpc) is 2.68. The fourth-order valence-electron chi connectivity index (χ4n) is 4.28. The van der Waals surface area contributed by atoms with E-state index in [-0.39, 0.29) is 23.5 Å². The van der Waals surface area contributed by atoms with Crippen LogP contribution in [0.1, 0.15) is 54.7 Å². The van der Waals surface area contributed by atoms with Crippen molar-refractivity contribution in [2.45, 2.75) is 44.9 Å². The molecule has 2 aromatic carbocycles. The molecule has 4 heteroatoms. The predicted molar refractivity (Wildman–Crippen MR) is 108 cm³/mol. The maximum absolute atomic E-state index is 13.1. The Morgan fingerprint density at radius 3 is 2.29 bits per heavy atom. The highest BCUT2D eigenvalue weighted by molar-refractivity contribution is 6.02. The first-order valence-electron chi connectivity index (χ1n) is 9.90. The molecule has 0 spiro atoms. The molecule has 0 fully saturated rings. The number of benzene rings is 2. The molecule has 4 nitrogen and oxygen atoms in total. The highest BCUT2D eigenvalue weighted by atomic mass is 16.5. The average molecular weight is 375 g/mol. The Labute approximate surface area is 165 Å². The van der Waals surface area contributed by atoms with Gasteiger partial charge in [-0.2, -0.15) is 0 Å². The fourth-order valence-corrected chi connectivity index (χ4v) is 4.28. The first-order chi connectivity index (χ1) is 13.5. The molecule has 1 heterocycles. The molecule has 1 aliphatic heterocycles. The van der Waals surface area contributed by atoms with Crippen LogP contribution in [0.4, 0.5) is 0 Å². The van der Waals surface area contributed by atoms with E-state index < -0.39 is 0 Å². The van der Waals surface area contributed by atoms with Crippen molar-refractivity contribution in [3.63, 3.8) is 0 Å². The molecule has 2 aliphatic rings. The van der Waals surface area contributed by atoms with Crippen molar-refractivity contribution in [2.24, 2.45) is 0 Å². The number of hydrogen-bond donors (Lipinski definition) is 1. The lowest BCUT2D eigenvalue weighted by Crippen LogP contribution is -2.38. The highest BCUT2D eigenvalue weighted by Crippen LogP contribution is 2.42. The lowest BCUT2D eigenvalue weighted by atomic mass is 9.73. The van der Waals surface area contributed by atoms with Gasteiger partial charge in [-0.25, -0.2) is 0 Å². The summed E-state index contributed by atoms with van der Waals surface area (Å²) >= 11 is 0. The van der Waals surface area contributed by atoms with Gasteiger partial charge in [-0.05, 0) is 49.4 Å². The van der Waals surface area contributed by atoms with Gasteiger partial charge in [0.15, 0.2) is 5.78 Å². The standard InChI is InChI=1S/C24H25NO3/c1-3-28-19-10-8-16(9-11-19)18-12-21-24(22(26)13-18)20(14-23(27)25-21)17-6-4-15(2)5-7-17/h4-11,18,20H,3,12-14H2,1-2H3,(H,25,27). The summed E-state index contributed by atoms with van der Waals surface area (Å²) in [4.78, 5) is 25.5. The summed E-state index contributed by atoms with van der Waals surface area (Å²) in [5.41, 5.74) is 4.92. The Morgan fingerprint density at radius 1 is 0.929 bits per heavy atom. The molecule has 144 valence electrons. The molecule has 0 bridgehead atoms. The zero-order valence-electron chi connectivity index (χ0n) is 16.3. The van der Waals surface area contributed by atoms with E-state index in [1.165, 1.54) is 5.56 Å². The first-order valence-corrected chi connectivity index (χ1v) is 9.90. The quantitative estimate of drug-likeness (QED) is 0.862. The van der Waals surface area contributed by atoms with Crippen molar-refractivity contribution in [1.82, 2.24) is 5.32 Å². The third-order valence-electron chi connectivity index (χ3n) is 5.68. The van der Waals surface area contributed by atoms with Crippen LogP contribution in [-0.4, -0.2) is 18.3 Å². The number of ketones is 1. The predicted octanol–water partition coefficient (Wildman–Crippen LogP) is 4.40. The van der Waals surface area contributed by atoms with E-state index >= 15 is 0 Å². The van der Waals surface area contributed by atoms with Crippen LogP contribution < -0.4 is 10.1 Å². The number of hydrogen-bond acceptors (Lipinski definition) is 3. The van der Waals surface area contributed by atoms with Crippen LogP contribution in [-0.2, 0) is 9.59 Å². The Morgan fingerprint density at radius 2 is 1.61 bits per heavy atom. The van der Waals surface area contributed by atoms with E-state index in [2.05, 4.69) is 5.32 Å². The number of amides is 1. The second-order valence-electron chi connectivity index (χ2n) is 7.64. The smallest absolute Gasteiger partial charge is 0.225 e. The highest BCUT2D eigenvalue weighted by Gasteiger charge is 2.38. The maximum Gasteiger partial charge on any atom is 0.225 e. The minimum Gasteiger partial charge on any atom is -0.494 e. The van der Waals surface area contributed by atoms with Crippen molar-refractivity contribution in [2.75, 3.05) is 6.61 Å². The zero-order valence-corrected chi connectivity index (χ0v) is 16.3. The van der Waals surface area contributed by atoms with Gasteiger partial charge >= 0.3 is 0 Å². The summed E-state index contributed by atoms with van der Waals surface area (Å²) in [6, 6.07) is 16.1. The van der Waals surface area contributed by atoms with Gasteiger partial charge in [-0.1, -0.05) is 42.0 Å². The third kappa shape index (κ3) is 3.59. The molecule has 0 saturated carbocycles. The number of carbonyl (C=O) groups excluding carboxylic acids is 2. The third-order valence-corrected chi connectivity index (χ3v) is 5.68. The molecule has 4 rings (SSSR count). The van der Waals surface area contributed by atoms with Gasteiger partial charge in [0.2, 0.25) is 5.91 Å². The zero-order chi connectivity index (χ0) is 19.7. The number of Topliss-reactive ketones (excluding diaryl/α,β-unsaturated/α-hetero) is 1. The van der Waals surface area contributed by atoms with Crippen molar-refractivity contribution < 1.29 is 14.3 Å². The normalized spacial score (nSPS) is 21.9. The number of allylic oxidation sites excluding steroid dienone is 2. The van der Waals surface area contributed by atoms with Gasteiger partial charge in [0, 0.05) is 30.0 Å². The van der Waals surface area contributed by atoms with Crippen LogP contribution in [0.5, 0.6) is 5.75 Å². The minimum atomic E-state index is -0.141. The summed E-state index contributed by atoms with van der Waals surface area (Å²) < 4.78 is 5.51. The molecule has 0 aromatic heterocycles. The molecule has 0 saturated heterocycles. The van der Waals surface area contributed by atoms with Crippen molar-refractivity contribution in [3.8, 4) is 5.75 Å². The molecule has 28 heavy (non-hydrogen) atoms. The van der Waals surface area contributed by atoms with Gasteiger partial charge in [0.05, 0.1) is 6.61 Å². The maximum atomic E-state index is 13.1. The van der Waals surface area contributed by atoms with Crippen LogP contribution >= 0.6 is 0 Å². The Balaban J connectivity index is 1.63.